The van der Waals surface area contributed by atoms with Crippen LogP contribution in [0.2, 0.25) is 0 Å². The van der Waals surface area contributed by atoms with Crippen LogP contribution in [0, 0.1) is 11.2 Å². The van der Waals surface area contributed by atoms with Gasteiger partial charge in [0.15, 0.2) is 11.4 Å². The molecule has 7 heteroatoms. The lowest BCUT2D eigenvalue weighted by Crippen LogP contribution is -2.64. The first-order valence-electron chi connectivity index (χ1n) is 10.6. The van der Waals surface area contributed by atoms with Crippen LogP contribution < -0.4 is 10.4 Å². The Balaban J connectivity index is 1.73. The number of pyridine rings is 1. The molecule has 2 aromatic carbocycles. The minimum atomic E-state index is -0.710. The molecule has 3 aromatic rings. The first-order valence-corrected chi connectivity index (χ1v) is 10.6. The summed E-state index contributed by atoms with van der Waals surface area (Å²) in [4.78, 5) is 26.7. The number of aromatic hydroxyl groups is 1. The lowest BCUT2D eigenvalue weighted by atomic mass is 9.71. The Morgan fingerprint density at radius 1 is 1.00 bits per heavy atom. The molecule has 6 rings (SSSR count). The van der Waals surface area contributed by atoms with E-state index in [0.29, 0.717) is 6.42 Å². The topological polar surface area (TPSA) is 65.8 Å². The monoisotopic (exact) mass is 431 g/mol. The number of fused-ring (bicyclic) bond motifs is 6. The van der Waals surface area contributed by atoms with Gasteiger partial charge in [-0.1, -0.05) is 37.3 Å². The van der Waals surface area contributed by atoms with Crippen molar-refractivity contribution in [2.75, 3.05) is 18.7 Å². The molecule has 162 valence electrons. The standard InChI is InChI=1S/C25H22FN3O3/c1-24-12-15-5-3-4-6-18(15)25(24,19-8-7-17(26)11-16(19)13-24)29-14-27(2)23(32)21-22(31)20(30)9-10-28(21)29/h3-11,31H,12-14H2,1-2H3. The number of aromatic nitrogens is 1. The van der Waals surface area contributed by atoms with E-state index in [0.717, 1.165) is 23.1 Å². The van der Waals surface area contributed by atoms with Crippen LogP contribution in [0.1, 0.15) is 39.7 Å². The summed E-state index contributed by atoms with van der Waals surface area (Å²) in [6, 6.07) is 14.4. The zero-order chi connectivity index (χ0) is 22.4. The van der Waals surface area contributed by atoms with Crippen molar-refractivity contribution in [1.82, 2.24) is 9.58 Å². The molecule has 1 N–H and O–H groups in total. The Morgan fingerprint density at radius 2 is 1.72 bits per heavy atom. The molecule has 0 spiro atoms. The van der Waals surface area contributed by atoms with E-state index in [1.807, 2.05) is 18.2 Å². The molecule has 32 heavy (non-hydrogen) atoms. The summed E-state index contributed by atoms with van der Waals surface area (Å²) >= 11 is 0. The van der Waals surface area contributed by atoms with Gasteiger partial charge in [-0.05, 0) is 47.2 Å². The number of hydrogen-bond donors (Lipinski definition) is 1. The van der Waals surface area contributed by atoms with Crippen molar-refractivity contribution < 1.29 is 14.3 Å². The van der Waals surface area contributed by atoms with Crippen LogP contribution in [0.5, 0.6) is 5.75 Å². The molecular formula is C25H22FN3O3. The third-order valence-electron chi connectivity index (χ3n) is 7.50. The number of halogens is 1. The van der Waals surface area contributed by atoms with Crippen molar-refractivity contribution in [2.45, 2.75) is 25.3 Å². The van der Waals surface area contributed by atoms with Gasteiger partial charge in [0.05, 0.1) is 0 Å². The summed E-state index contributed by atoms with van der Waals surface area (Å²) in [6.07, 6.45) is 3.01. The van der Waals surface area contributed by atoms with E-state index < -0.39 is 22.6 Å². The van der Waals surface area contributed by atoms with Crippen LogP contribution in [0.4, 0.5) is 4.39 Å². The largest absolute Gasteiger partial charge is 0.502 e. The third-order valence-corrected chi connectivity index (χ3v) is 7.50. The van der Waals surface area contributed by atoms with Gasteiger partial charge in [-0.15, -0.1) is 0 Å². The van der Waals surface area contributed by atoms with Gasteiger partial charge in [0, 0.05) is 24.7 Å². The summed E-state index contributed by atoms with van der Waals surface area (Å²) in [7, 11) is 1.66. The van der Waals surface area contributed by atoms with Crippen LogP contribution in [-0.4, -0.2) is 34.3 Å². The maximum Gasteiger partial charge on any atom is 0.277 e. The SMILES string of the molecule is CN1CN(C23c4ccccc4CC2(C)Cc2cc(F)ccc23)n2ccc(=O)c(O)c2C1=O. The number of carbonyl (C=O) groups excluding carboxylic acids is 1. The molecule has 0 saturated heterocycles. The molecule has 2 unspecified atom stereocenters. The molecule has 2 atom stereocenters. The van der Waals surface area contributed by atoms with Crippen LogP contribution in [0.25, 0.3) is 0 Å². The Labute approximate surface area is 184 Å². The summed E-state index contributed by atoms with van der Waals surface area (Å²) < 4.78 is 15.9. The fourth-order valence-corrected chi connectivity index (χ4v) is 6.33. The molecule has 6 nitrogen and oxygen atoms in total. The van der Waals surface area contributed by atoms with Crippen LogP contribution in [0.15, 0.2) is 59.5 Å². The van der Waals surface area contributed by atoms with Gasteiger partial charge in [-0.3, -0.25) is 19.3 Å². The number of carbonyl (C=O) groups is 1. The number of nitrogens with zero attached hydrogens (tertiary/aromatic N) is 3. The molecule has 3 aliphatic rings. The minimum Gasteiger partial charge on any atom is -0.502 e. The second kappa shape index (κ2) is 6.00. The molecular weight excluding hydrogens is 409 g/mol. The summed E-state index contributed by atoms with van der Waals surface area (Å²) in [5, 5.41) is 12.6. The fraction of sp³-hybridized carbons (Fsp3) is 0.280. The van der Waals surface area contributed by atoms with Crippen molar-refractivity contribution in [3.63, 3.8) is 0 Å². The van der Waals surface area contributed by atoms with Gasteiger partial charge in [-0.2, -0.15) is 0 Å². The van der Waals surface area contributed by atoms with E-state index in [4.69, 9.17) is 0 Å². The van der Waals surface area contributed by atoms with Gasteiger partial charge in [0.1, 0.15) is 18.0 Å². The van der Waals surface area contributed by atoms with Gasteiger partial charge in [-0.25, -0.2) is 4.39 Å². The van der Waals surface area contributed by atoms with Gasteiger partial charge >= 0.3 is 0 Å². The zero-order valence-corrected chi connectivity index (χ0v) is 17.8. The van der Waals surface area contributed by atoms with Crippen LogP contribution >= 0.6 is 0 Å². The van der Waals surface area contributed by atoms with E-state index in [1.54, 1.807) is 24.0 Å². The molecule has 0 radical (unpaired) electrons. The predicted octanol–water partition coefficient (Wildman–Crippen LogP) is 2.74. The Morgan fingerprint density at radius 3 is 2.53 bits per heavy atom. The maximum atomic E-state index is 14.2. The predicted molar refractivity (Wildman–Crippen MR) is 117 cm³/mol. The average Bonchev–Trinajstić information content (AvgIpc) is 3.15. The zero-order valence-electron chi connectivity index (χ0n) is 17.8. The number of benzene rings is 2. The number of hydrogen-bond acceptors (Lipinski definition) is 4. The summed E-state index contributed by atoms with van der Waals surface area (Å²) in [5.41, 5.74) is 2.54. The van der Waals surface area contributed by atoms with Gasteiger partial charge in [0.25, 0.3) is 5.91 Å². The lowest BCUT2D eigenvalue weighted by molar-refractivity contribution is 0.0660. The molecule has 1 aliphatic heterocycles. The summed E-state index contributed by atoms with van der Waals surface area (Å²) in [6.45, 7) is 2.44. The van der Waals surface area contributed by atoms with E-state index in [1.165, 1.54) is 22.6 Å². The molecule has 1 aromatic heterocycles. The van der Waals surface area contributed by atoms with Crippen molar-refractivity contribution in [3.05, 3.63) is 98.7 Å². The van der Waals surface area contributed by atoms with Crippen LogP contribution in [0.3, 0.4) is 0 Å². The maximum absolute atomic E-state index is 14.2. The van der Waals surface area contributed by atoms with Crippen molar-refractivity contribution in [2.24, 2.45) is 5.41 Å². The van der Waals surface area contributed by atoms with Crippen molar-refractivity contribution in [1.29, 1.82) is 0 Å². The molecule has 0 fully saturated rings. The smallest absolute Gasteiger partial charge is 0.277 e. The highest BCUT2D eigenvalue weighted by atomic mass is 19.1. The average molecular weight is 431 g/mol. The van der Waals surface area contributed by atoms with Crippen molar-refractivity contribution >= 4 is 5.91 Å². The number of rotatable bonds is 1. The van der Waals surface area contributed by atoms with E-state index in [9.17, 15) is 19.1 Å². The minimum absolute atomic E-state index is 0.0529. The van der Waals surface area contributed by atoms with Crippen molar-refractivity contribution in [3.8, 4) is 5.75 Å². The Bertz CT molecular complexity index is 1380. The lowest BCUT2D eigenvalue weighted by Gasteiger charge is -2.53. The summed E-state index contributed by atoms with van der Waals surface area (Å²) in [5.74, 6) is -1.25. The Kier molecular flexibility index (Phi) is 3.58. The van der Waals surface area contributed by atoms with E-state index in [2.05, 4.69) is 24.1 Å². The molecule has 1 amide bonds. The van der Waals surface area contributed by atoms with E-state index >= 15 is 0 Å². The number of amides is 1. The highest BCUT2D eigenvalue weighted by Crippen LogP contribution is 2.63. The normalized spacial score (nSPS) is 25.4. The van der Waals surface area contributed by atoms with Gasteiger partial charge < -0.3 is 10.0 Å². The van der Waals surface area contributed by atoms with Crippen LogP contribution in [-0.2, 0) is 18.4 Å². The van der Waals surface area contributed by atoms with Gasteiger partial charge in [0.2, 0.25) is 5.43 Å². The first-order chi connectivity index (χ1) is 15.3. The quantitative estimate of drug-likeness (QED) is 0.644. The second-order valence-electron chi connectivity index (χ2n) is 9.35. The third kappa shape index (κ3) is 2.08. The Hall–Kier alpha value is -3.61. The molecule has 0 saturated carbocycles. The highest BCUT2D eigenvalue weighted by molar-refractivity contribution is 5.96. The molecule has 0 bridgehead atoms. The first kappa shape index (κ1) is 19.1. The molecule has 2 heterocycles. The second-order valence-corrected chi connectivity index (χ2v) is 9.35. The fourth-order valence-electron chi connectivity index (χ4n) is 6.33. The van der Waals surface area contributed by atoms with E-state index in [-0.39, 0.29) is 23.6 Å². The highest BCUT2D eigenvalue weighted by Gasteiger charge is 2.64. The molecule has 2 aliphatic carbocycles.